The molecule has 0 aliphatic carbocycles. The highest BCUT2D eigenvalue weighted by Crippen LogP contribution is 2.38. The van der Waals surface area contributed by atoms with Gasteiger partial charge in [-0.25, -0.2) is 5.48 Å². The number of benzene rings is 2. The van der Waals surface area contributed by atoms with Gasteiger partial charge in [0.25, 0.3) is 5.91 Å². The number of nitroso groups, excluding NO2 is 1. The summed E-state index contributed by atoms with van der Waals surface area (Å²) in [7, 11) is 0. The van der Waals surface area contributed by atoms with E-state index in [0.29, 0.717) is 23.0 Å². The summed E-state index contributed by atoms with van der Waals surface area (Å²) in [6.45, 7) is 0.308. The fraction of sp³-hybridized carbons (Fsp3) is 0.0625. The lowest BCUT2D eigenvalue weighted by Crippen LogP contribution is -2.18. The lowest BCUT2D eigenvalue weighted by Gasteiger charge is -2.08. The second-order valence-corrected chi connectivity index (χ2v) is 5.00. The highest BCUT2D eigenvalue weighted by atomic mass is 16.5. The van der Waals surface area contributed by atoms with Gasteiger partial charge in [0, 0.05) is 10.9 Å². The summed E-state index contributed by atoms with van der Waals surface area (Å²) in [5, 5.41) is 22.3. The summed E-state index contributed by atoms with van der Waals surface area (Å²) in [6.07, 6.45) is 0. The van der Waals surface area contributed by atoms with Gasteiger partial charge in [0.15, 0.2) is 5.69 Å². The number of carbonyl (C=O) groups is 1. The zero-order valence-corrected chi connectivity index (χ0v) is 11.9. The lowest BCUT2D eigenvalue weighted by atomic mass is 10.1. The van der Waals surface area contributed by atoms with Gasteiger partial charge in [0.2, 0.25) is 5.88 Å². The molecular weight excluding hydrogens is 298 g/mol. The monoisotopic (exact) mass is 311 g/mol. The molecule has 1 amide bonds. The minimum atomic E-state index is -0.599. The zero-order chi connectivity index (χ0) is 16.4. The third-order valence-corrected chi connectivity index (χ3v) is 3.67. The topological polar surface area (TPSA) is 104 Å². The fourth-order valence-corrected chi connectivity index (χ4v) is 2.53. The molecule has 0 spiro atoms. The molecule has 0 aliphatic rings. The second-order valence-electron chi connectivity index (χ2n) is 5.00. The summed E-state index contributed by atoms with van der Waals surface area (Å²) in [4.78, 5) is 22.3. The van der Waals surface area contributed by atoms with Gasteiger partial charge in [0.05, 0.1) is 12.1 Å². The normalized spacial score (nSPS) is 10.7. The van der Waals surface area contributed by atoms with Gasteiger partial charge in [-0.3, -0.25) is 10.0 Å². The van der Waals surface area contributed by atoms with Crippen LogP contribution in [0.2, 0.25) is 0 Å². The Bertz CT molecular complexity index is 884. The van der Waals surface area contributed by atoms with E-state index >= 15 is 0 Å². The van der Waals surface area contributed by atoms with Crippen molar-refractivity contribution >= 4 is 22.5 Å². The molecule has 0 bridgehead atoms. The van der Waals surface area contributed by atoms with Crippen molar-refractivity contribution in [2.24, 2.45) is 5.18 Å². The smallest absolute Gasteiger partial charge is 0.274 e. The Morgan fingerprint density at radius 3 is 2.48 bits per heavy atom. The molecular formula is C16H13N3O4. The van der Waals surface area contributed by atoms with Crippen LogP contribution in [0.5, 0.6) is 5.88 Å². The molecule has 3 rings (SSSR count). The van der Waals surface area contributed by atoms with Gasteiger partial charge >= 0.3 is 0 Å². The van der Waals surface area contributed by atoms with Crippen molar-refractivity contribution < 1.29 is 15.1 Å². The maximum absolute atomic E-state index is 11.3. The van der Waals surface area contributed by atoms with E-state index in [1.807, 2.05) is 6.07 Å². The first-order valence-corrected chi connectivity index (χ1v) is 6.82. The Labute approximate surface area is 130 Å². The molecule has 1 aromatic heterocycles. The predicted molar refractivity (Wildman–Crippen MR) is 83.9 cm³/mol. The SMILES string of the molecule is O=Nc1c(O)n(Cc2ccc(C(=O)NO)cc2)c2ccccc12. The van der Waals surface area contributed by atoms with E-state index in [4.69, 9.17) is 5.21 Å². The number of aromatic nitrogens is 1. The van der Waals surface area contributed by atoms with Crippen LogP contribution in [0.4, 0.5) is 5.69 Å². The van der Waals surface area contributed by atoms with Gasteiger partial charge < -0.3 is 9.67 Å². The standard InChI is InChI=1S/C16H13N3O4/c20-15(18-23)11-7-5-10(6-8-11)9-19-13-4-2-1-3-12(13)14(17-22)16(19)21/h1-8,21,23H,9H2,(H,18,20). The van der Waals surface area contributed by atoms with Crippen molar-refractivity contribution in [1.29, 1.82) is 0 Å². The van der Waals surface area contributed by atoms with Crippen molar-refractivity contribution in [3.8, 4) is 5.88 Å². The van der Waals surface area contributed by atoms with Crippen molar-refractivity contribution in [2.45, 2.75) is 6.54 Å². The van der Waals surface area contributed by atoms with Crippen molar-refractivity contribution in [3.05, 3.63) is 64.6 Å². The summed E-state index contributed by atoms with van der Waals surface area (Å²) in [5.41, 5.74) is 3.39. The minimum absolute atomic E-state index is 0.0110. The lowest BCUT2D eigenvalue weighted by molar-refractivity contribution is 0.0706. The third kappa shape index (κ3) is 2.53. The number of hydrogen-bond acceptors (Lipinski definition) is 5. The Morgan fingerprint density at radius 1 is 1.13 bits per heavy atom. The number of aromatic hydroxyl groups is 1. The number of hydrogen-bond donors (Lipinski definition) is 3. The molecule has 0 fully saturated rings. The van der Waals surface area contributed by atoms with E-state index in [9.17, 15) is 14.8 Å². The molecule has 116 valence electrons. The Hall–Kier alpha value is -3.19. The maximum Gasteiger partial charge on any atom is 0.274 e. The van der Waals surface area contributed by atoms with E-state index in [2.05, 4.69) is 5.18 Å². The number of nitrogens with one attached hydrogen (secondary N) is 1. The summed E-state index contributed by atoms with van der Waals surface area (Å²) >= 11 is 0. The highest BCUT2D eigenvalue weighted by Gasteiger charge is 2.17. The summed E-state index contributed by atoms with van der Waals surface area (Å²) < 4.78 is 1.58. The molecule has 1 heterocycles. The zero-order valence-electron chi connectivity index (χ0n) is 11.9. The molecule has 7 nitrogen and oxygen atoms in total. The van der Waals surface area contributed by atoms with Crippen LogP contribution in [-0.4, -0.2) is 20.8 Å². The first-order valence-electron chi connectivity index (χ1n) is 6.82. The van der Waals surface area contributed by atoms with E-state index in [-0.39, 0.29) is 11.6 Å². The average Bonchev–Trinajstić information content (AvgIpc) is 2.86. The van der Waals surface area contributed by atoms with Crippen LogP contribution in [-0.2, 0) is 6.54 Å². The van der Waals surface area contributed by atoms with Gasteiger partial charge in [0.1, 0.15) is 0 Å². The molecule has 0 radical (unpaired) electrons. The molecule has 0 atom stereocenters. The largest absolute Gasteiger partial charge is 0.493 e. The van der Waals surface area contributed by atoms with Gasteiger partial charge in [-0.05, 0) is 28.9 Å². The van der Waals surface area contributed by atoms with E-state index < -0.39 is 5.91 Å². The van der Waals surface area contributed by atoms with Crippen LogP contribution < -0.4 is 5.48 Å². The molecule has 0 saturated heterocycles. The van der Waals surface area contributed by atoms with Crippen LogP contribution in [0, 0.1) is 4.91 Å². The third-order valence-electron chi connectivity index (χ3n) is 3.67. The Morgan fingerprint density at radius 2 is 1.83 bits per heavy atom. The number of amides is 1. The van der Waals surface area contributed by atoms with Crippen LogP contribution >= 0.6 is 0 Å². The second kappa shape index (κ2) is 5.90. The first-order chi connectivity index (χ1) is 11.2. The van der Waals surface area contributed by atoms with Crippen LogP contribution in [0.15, 0.2) is 53.7 Å². The van der Waals surface area contributed by atoms with Crippen molar-refractivity contribution in [2.75, 3.05) is 0 Å². The molecule has 3 N–H and O–H groups in total. The highest BCUT2D eigenvalue weighted by molar-refractivity contribution is 5.95. The van der Waals surface area contributed by atoms with Gasteiger partial charge in [-0.1, -0.05) is 30.3 Å². The molecule has 3 aromatic rings. The first kappa shape index (κ1) is 14.7. The number of rotatable bonds is 4. The number of hydroxylamine groups is 1. The van der Waals surface area contributed by atoms with E-state index in [1.54, 1.807) is 52.5 Å². The predicted octanol–water partition coefficient (Wildman–Crippen LogP) is 2.91. The van der Waals surface area contributed by atoms with Crippen LogP contribution in [0.1, 0.15) is 15.9 Å². The molecule has 23 heavy (non-hydrogen) atoms. The van der Waals surface area contributed by atoms with E-state index in [1.165, 1.54) is 0 Å². The molecule has 0 unspecified atom stereocenters. The minimum Gasteiger partial charge on any atom is -0.493 e. The average molecular weight is 311 g/mol. The molecule has 0 aliphatic heterocycles. The molecule has 0 saturated carbocycles. The van der Waals surface area contributed by atoms with Gasteiger partial charge in [-0.15, -0.1) is 4.91 Å². The molecule has 7 heteroatoms. The quantitative estimate of drug-likeness (QED) is 0.391. The maximum atomic E-state index is 11.3. The van der Waals surface area contributed by atoms with Crippen molar-refractivity contribution in [1.82, 2.24) is 10.0 Å². The number of nitrogens with zero attached hydrogens (tertiary/aromatic N) is 2. The number of carbonyl (C=O) groups excluding carboxylic acids is 1. The number of fused-ring (bicyclic) bond motifs is 1. The van der Waals surface area contributed by atoms with E-state index in [0.717, 1.165) is 5.56 Å². The van der Waals surface area contributed by atoms with Crippen LogP contribution in [0.3, 0.4) is 0 Å². The van der Waals surface area contributed by atoms with Crippen molar-refractivity contribution in [3.63, 3.8) is 0 Å². The summed E-state index contributed by atoms with van der Waals surface area (Å²) in [5.74, 6) is -0.795. The van der Waals surface area contributed by atoms with Crippen LogP contribution in [0.25, 0.3) is 10.9 Å². The Balaban J connectivity index is 2.00. The Kier molecular flexibility index (Phi) is 3.78. The summed E-state index contributed by atoms with van der Waals surface area (Å²) in [6, 6.07) is 13.6. The van der Waals surface area contributed by atoms with Gasteiger partial charge in [-0.2, -0.15) is 0 Å². The number of para-hydroxylation sites is 1. The fourth-order valence-electron chi connectivity index (χ4n) is 2.53. The molecule has 2 aromatic carbocycles.